The molecule has 0 aliphatic rings. The summed E-state index contributed by atoms with van der Waals surface area (Å²) in [6.07, 6.45) is 1.79. The van der Waals surface area contributed by atoms with Crippen molar-refractivity contribution in [2.24, 2.45) is 5.92 Å². The van der Waals surface area contributed by atoms with Gasteiger partial charge >= 0.3 is 0 Å². The van der Waals surface area contributed by atoms with E-state index in [1.807, 2.05) is 50.2 Å². The van der Waals surface area contributed by atoms with E-state index in [-0.39, 0.29) is 18.0 Å². The molecular weight excluding hydrogens is 314 g/mol. The molecule has 0 saturated heterocycles. The second kappa shape index (κ2) is 8.62. The van der Waals surface area contributed by atoms with Crippen molar-refractivity contribution in [1.29, 1.82) is 0 Å². The number of methoxy groups -OCH3 is 1. The summed E-state index contributed by atoms with van der Waals surface area (Å²) in [5, 5.41) is 6.34. The number of carbonyl (C=O) groups excluding carboxylic acids is 1. The van der Waals surface area contributed by atoms with Crippen molar-refractivity contribution in [2.75, 3.05) is 12.4 Å². The Labute approximate surface area is 149 Å². The van der Waals surface area contributed by atoms with Gasteiger partial charge in [0.2, 0.25) is 5.91 Å². The molecule has 5 heteroatoms. The predicted molar refractivity (Wildman–Crippen MR) is 101 cm³/mol. The number of para-hydroxylation sites is 2. The van der Waals surface area contributed by atoms with E-state index in [2.05, 4.69) is 29.5 Å². The van der Waals surface area contributed by atoms with Gasteiger partial charge in [0.1, 0.15) is 5.75 Å². The van der Waals surface area contributed by atoms with Crippen LogP contribution >= 0.6 is 0 Å². The van der Waals surface area contributed by atoms with Crippen molar-refractivity contribution in [3.05, 3.63) is 53.9 Å². The summed E-state index contributed by atoms with van der Waals surface area (Å²) in [6, 6.07) is 11.0. The first-order valence-electron chi connectivity index (χ1n) is 8.55. The third-order valence-electron chi connectivity index (χ3n) is 4.20. The molecule has 0 aliphatic heterocycles. The van der Waals surface area contributed by atoms with Gasteiger partial charge in [-0.25, -0.2) is 0 Å². The van der Waals surface area contributed by atoms with Crippen molar-refractivity contribution < 1.29 is 9.53 Å². The van der Waals surface area contributed by atoms with Gasteiger partial charge in [-0.15, -0.1) is 0 Å². The third-order valence-corrected chi connectivity index (χ3v) is 4.20. The molecule has 0 bridgehead atoms. The number of ether oxygens (including phenoxy) is 1. The number of pyridine rings is 1. The van der Waals surface area contributed by atoms with Crippen molar-refractivity contribution in [1.82, 2.24) is 10.3 Å². The minimum Gasteiger partial charge on any atom is -0.495 e. The summed E-state index contributed by atoms with van der Waals surface area (Å²) >= 11 is 0. The van der Waals surface area contributed by atoms with E-state index in [1.54, 1.807) is 13.3 Å². The summed E-state index contributed by atoms with van der Waals surface area (Å²) in [6.45, 7) is 8.14. The number of nitrogens with one attached hydrogen (secondary N) is 2. The van der Waals surface area contributed by atoms with Gasteiger partial charge in [0.25, 0.3) is 0 Å². The molecule has 2 atom stereocenters. The van der Waals surface area contributed by atoms with Crippen LogP contribution in [0.25, 0.3) is 0 Å². The lowest BCUT2D eigenvalue weighted by molar-refractivity contribution is -0.118. The second-order valence-electron chi connectivity index (χ2n) is 6.51. The van der Waals surface area contributed by atoms with Crippen LogP contribution in [0.3, 0.4) is 0 Å². The zero-order valence-electron chi connectivity index (χ0n) is 15.5. The molecule has 25 heavy (non-hydrogen) atoms. The number of rotatable bonds is 7. The molecule has 2 rings (SSSR count). The van der Waals surface area contributed by atoms with Crippen molar-refractivity contribution >= 4 is 11.6 Å². The van der Waals surface area contributed by atoms with Crippen LogP contribution < -0.4 is 15.4 Å². The SMILES string of the molecule is COc1ccccc1NC(=O)C(C)NC(c1ncccc1C)C(C)C. The standard InChI is InChI=1S/C20H27N3O2/c1-13(2)18(19-14(3)9-8-12-21-19)22-15(4)20(24)23-16-10-6-7-11-17(16)25-5/h6-13,15,18,22H,1-5H3,(H,23,24). The largest absolute Gasteiger partial charge is 0.495 e. The van der Waals surface area contributed by atoms with E-state index in [4.69, 9.17) is 4.74 Å². The lowest BCUT2D eigenvalue weighted by Gasteiger charge is -2.27. The van der Waals surface area contributed by atoms with Crippen molar-refractivity contribution in [3.8, 4) is 5.75 Å². The van der Waals surface area contributed by atoms with Crippen LogP contribution in [0.1, 0.15) is 38.1 Å². The average molecular weight is 341 g/mol. The number of aromatic nitrogens is 1. The minimum absolute atomic E-state index is 0.000353. The average Bonchev–Trinajstić information content (AvgIpc) is 2.60. The molecule has 2 unspecified atom stereocenters. The normalized spacial score (nSPS) is 13.4. The first kappa shape index (κ1) is 18.9. The highest BCUT2D eigenvalue weighted by Crippen LogP contribution is 2.25. The van der Waals surface area contributed by atoms with Crippen LogP contribution in [-0.2, 0) is 4.79 Å². The molecule has 1 aromatic heterocycles. The van der Waals surface area contributed by atoms with E-state index in [9.17, 15) is 4.79 Å². The molecule has 1 heterocycles. The lowest BCUT2D eigenvalue weighted by atomic mass is 9.96. The predicted octanol–water partition coefficient (Wildman–Crippen LogP) is 3.71. The van der Waals surface area contributed by atoms with Crippen LogP contribution in [-0.4, -0.2) is 24.0 Å². The third kappa shape index (κ3) is 4.79. The molecule has 1 aromatic carbocycles. The number of aryl methyl sites for hydroxylation is 1. The van der Waals surface area contributed by atoms with Crippen LogP contribution in [0, 0.1) is 12.8 Å². The maximum absolute atomic E-state index is 12.6. The fraction of sp³-hybridized carbons (Fsp3) is 0.400. The summed E-state index contributed by atoms with van der Waals surface area (Å²) in [5.74, 6) is 0.836. The van der Waals surface area contributed by atoms with Gasteiger partial charge in [0, 0.05) is 6.20 Å². The van der Waals surface area contributed by atoms with Gasteiger partial charge in [-0.1, -0.05) is 32.0 Å². The highest BCUT2D eigenvalue weighted by atomic mass is 16.5. The number of anilines is 1. The van der Waals surface area contributed by atoms with E-state index in [1.165, 1.54) is 0 Å². The Morgan fingerprint density at radius 1 is 1.12 bits per heavy atom. The number of carbonyl (C=O) groups is 1. The summed E-state index contributed by atoms with van der Waals surface area (Å²) in [7, 11) is 1.59. The summed E-state index contributed by atoms with van der Waals surface area (Å²) < 4.78 is 5.29. The van der Waals surface area contributed by atoms with Gasteiger partial charge in [-0.2, -0.15) is 0 Å². The van der Waals surface area contributed by atoms with Gasteiger partial charge < -0.3 is 10.1 Å². The molecule has 0 saturated carbocycles. The molecule has 0 aliphatic carbocycles. The quantitative estimate of drug-likeness (QED) is 0.806. The Hall–Kier alpha value is -2.40. The van der Waals surface area contributed by atoms with Crippen molar-refractivity contribution in [2.45, 2.75) is 39.8 Å². The molecule has 0 radical (unpaired) electrons. The van der Waals surface area contributed by atoms with Gasteiger partial charge in [0.05, 0.1) is 30.6 Å². The molecule has 2 N–H and O–H groups in total. The molecule has 5 nitrogen and oxygen atoms in total. The van der Waals surface area contributed by atoms with E-state index < -0.39 is 0 Å². The van der Waals surface area contributed by atoms with E-state index in [0.717, 1.165) is 11.3 Å². The monoisotopic (exact) mass is 341 g/mol. The number of amides is 1. The van der Waals surface area contributed by atoms with Crippen LogP contribution in [0.15, 0.2) is 42.6 Å². The summed E-state index contributed by atoms with van der Waals surface area (Å²) in [4.78, 5) is 17.1. The first-order valence-corrected chi connectivity index (χ1v) is 8.55. The van der Waals surface area contributed by atoms with Crippen molar-refractivity contribution in [3.63, 3.8) is 0 Å². The van der Waals surface area contributed by atoms with Crippen LogP contribution in [0.5, 0.6) is 5.75 Å². The Morgan fingerprint density at radius 2 is 1.84 bits per heavy atom. The topological polar surface area (TPSA) is 63.2 Å². The van der Waals surface area contributed by atoms with E-state index >= 15 is 0 Å². The number of hydrogen-bond donors (Lipinski definition) is 2. The van der Waals surface area contributed by atoms with Gasteiger partial charge in [0.15, 0.2) is 0 Å². The fourth-order valence-electron chi connectivity index (χ4n) is 2.74. The Bertz CT molecular complexity index is 716. The van der Waals surface area contributed by atoms with Gasteiger partial charge in [-0.3, -0.25) is 15.1 Å². The maximum Gasteiger partial charge on any atom is 0.241 e. The maximum atomic E-state index is 12.6. The lowest BCUT2D eigenvalue weighted by Crippen LogP contribution is -2.42. The van der Waals surface area contributed by atoms with E-state index in [0.29, 0.717) is 17.4 Å². The zero-order valence-corrected chi connectivity index (χ0v) is 15.5. The minimum atomic E-state index is -0.376. The Kier molecular flexibility index (Phi) is 6.53. The van der Waals surface area contributed by atoms with Crippen LogP contribution in [0.2, 0.25) is 0 Å². The Morgan fingerprint density at radius 3 is 2.48 bits per heavy atom. The molecule has 0 fully saturated rings. The number of nitrogens with zero attached hydrogens (tertiary/aromatic N) is 1. The van der Waals surface area contributed by atoms with Crippen LogP contribution in [0.4, 0.5) is 5.69 Å². The number of benzene rings is 1. The molecule has 1 amide bonds. The summed E-state index contributed by atoms with van der Waals surface area (Å²) in [5.41, 5.74) is 2.76. The highest BCUT2D eigenvalue weighted by Gasteiger charge is 2.24. The van der Waals surface area contributed by atoms with Gasteiger partial charge in [-0.05, 0) is 43.5 Å². The first-order chi connectivity index (χ1) is 11.9. The zero-order chi connectivity index (χ0) is 18.4. The molecular formula is C20H27N3O2. The Balaban J connectivity index is 2.12. The molecule has 134 valence electrons. The fourth-order valence-corrected chi connectivity index (χ4v) is 2.74. The molecule has 0 spiro atoms. The second-order valence-corrected chi connectivity index (χ2v) is 6.51. The smallest absolute Gasteiger partial charge is 0.241 e. The number of hydrogen-bond acceptors (Lipinski definition) is 4. The molecule has 2 aromatic rings. The highest BCUT2D eigenvalue weighted by molar-refractivity contribution is 5.95.